The van der Waals surface area contributed by atoms with Gasteiger partial charge in [0.2, 0.25) is 5.91 Å². The largest absolute Gasteiger partial charge is 0.497 e. The van der Waals surface area contributed by atoms with E-state index in [1.807, 2.05) is 31.2 Å². The maximum Gasteiger partial charge on any atom is 0.307 e. The van der Waals surface area contributed by atoms with Crippen LogP contribution in [0.4, 0.5) is 11.4 Å². The predicted octanol–water partition coefficient (Wildman–Crippen LogP) is 4.86. The molecule has 7 heteroatoms. The molecule has 1 aliphatic heterocycles. The monoisotopic (exact) mass is 472 g/mol. The van der Waals surface area contributed by atoms with Crippen molar-refractivity contribution >= 4 is 29.2 Å². The summed E-state index contributed by atoms with van der Waals surface area (Å²) in [4.78, 5) is 41.0. The van der Waals surface area contributed by atoms with Crippen LogP contribution in [0.25, 0.3) is 0 Å². The van der Waals surface area contributed by atoms with Gasteiger partial charge in [0.1, 0.15) is 5.75 Å². The molecular weight excluding hydrogens is 444 g/mol. The lowest BCUT2D eigenvalue weighted by atomic mass is 9.89. The van der Waals surface area contributed by atoms with E-state index in [-0.39, 0.29) is 30.3 Å². The molecule has 0 aromatic heterocycles. The van der Waals surface area contributed by atoms with Crippen LogP contribution in [0.2, 0.25) is 0 Å². The van der Waals surface area contributed by atoms with E-state index >= 15 is 0 Å². The Hall–Kier alpha value is -4.13. The van der Waals surface area contributed by atoms with E-state index < -0.39 is 5.97 Å². The van der Waals surface area contributed by atoms with Crippen molar-refractivity contribution in [1.82, 2.24) is 0 Å². The van der Waals surface area contributed by atoms with Gasteiger partial charge in [-0.1, -0.05) is 30.3 Å². The van der Waals surface area contributed by atoms with E-state index in [4.69, 9.17) is 9.84 Å². The van der Waals surface area contributed by atoms with Crippen LogP contribution in [0.15, 0.2) is 72.8 Å². The van der Waals surface area contributed by atoms with Gasteiger partial charge in [-0.05, 0) is 66.9 Å². The Bertz CT molecular complexity index is 1240. The number of carbonyl (C=O) groups is 3. The fraction of sp³-hybridized carbons (Fsp3) is 0.250. The molecule has 7 nitrogen and oxygen atoms in total. The number of carboxylic acid groups (broad SMARTS) is 1. The second kappa shape index (κ2) is 10.0. The second-order valence-corrected chi connectivity index (χ2v) is 8.69. The molecule has 0 spiro atoms. The van der Waals surface area contributed by atoms with Crippen LogP contribution >= 0.6 is 0 Å². The highest BCUT2D eigenvalue weighted by Crippen LogP contribution is 2.42. The molecule has 4 rings (SSSR count). The fourth-order valence-electron chi connectivity index (χ4n) is 4.74. The predicted molar refractivity (Wildman–Crippen MR) is 134 cm³/mol. The molecule has 3 aromatic carbocycles. The minimum Gasteiger partial charge on any atom is -0.497 e. The number of nitrogens with zero attached hydrogens (tertiary/aromatic N) is 2. The van der Waals surface area contributed by atoms with Gasteiger partial charge in [-0.2, -0.15) is 0 Å². The lowest BCUT2D eigenvalue weighted by molar-refractivity contribution is -0.136. The molecule has 35 heavy (non-hydrogen) atoms. The molecule has 0 fully saturated rings. The molecule has 0 saturated carbocycles. The number of amides is 2. The first kappa shape index (κ1) is 24.0. The van der Waals surface area contributed by atoms with Gasteiger partial charge >= 0.3 is 5.97 Å². The first-order chi connectivity index (χ1) is 16.8. The van der Waals surface area contributed by atoms with Crippen LogP contribution in [0.1, 0.15) is 47.8 Å². The summed E-state index contributed by atoms with van der Waals surface area (Å²) in [6.07, 6.45) is 0.474. The molecule has 0 aliphatic carbocycles. The maximum absolute atomic E-state index is 13.5. The van der Waals surface area contributed by atoms with E-state index in [1.54, 1.807) is 65.4 Å². The number of ether oxygens (including phenoxy) is 1. The Morgan fingerprint density at radius 2 is 1.66 bits per heavy atom. The molecule has 2 amide bonds. The Balaban J connectivity index is 1.71. The van der Waals surface area contributed by atoms with Gasteiger partial charge in [0.25, 0.3) is 5.91 Å². The lowest BCUT2D eigenvalue weighted by Crippen LogP contribution is -2.47. The molecule has 3 aromatic rings. The summed E-state index contributed by atoms with van der Waals surface area (Å²) in [6.45, 7) is 3.51. The summed E-state index contributed by atoms with van der Waals surface area (Å²) < 4.78 is 5.21. The van der Waals surface area contributed by atoms with Crippen molar-refractivity contribution in [3.8, 4) is 5.75 Å². The molecule has 180 valence electrons. The number of anilines is 2. The zero-order valence-electron chi connectivity index (χ0n) is 20.0. The van der Waals surface area contributed by atoms with Crippen molar-refractivity contribution in [2.75, 3.05) is 16.9 Å². The van der Waals surface area contributed by atoms with Gasteiger partial charge in [-0.15, -0.1) is 0 Å². The highest BCUT2D eigenvalue weighted by Gasteiger charge is 2.38. The van der Waals surface area contributed by atoms with Crippen LogP contribution < -0.4 is 14.5 Å². The van der Waals surface area contributed by atoms with Crippen molar-refractivity contribution in [1.29, 1.82) is 0 Å². The van der Waals surface area contributed by atoms with Gasteiger partial charge in [0.15, 0.2) is 0 Å². The third-order valence-corrected chi connectivity index (χ3v) is 6.34. The first-order valence-electron chi connectivity index (χ1n) is 11.5. The number of rotatable bonds is 6. The number of benzene rings is 3. The number of carboxylic acids is 1. The summed E-state index contributed by atoms with van der Waals surface area (Å²) in [6, 6.07) is 21.3. The summed E-state index contributed by atoms with van der Waals surface area (Å²) in [5.74, 6) is -0.464. The Morgan fingerprint density at radius 3 is 2.26 bits per heavy atom. The van der Waals surface area contributed by atoms with E-state index in [2.05, 4.69) is 0 Å². The molecule has 2 unspecified atom stereocenters. The standard InChI is InChI=1S/C28H28N2O5/c1-18-16-26(30(19(2)31)22-12-8-20(9-13-22)17-27(32)33)24-6-4-5-7-25(24)29(18)28(34)21-10-14-23(35-3)15-11-21/h4-15,18,26H,16-17H2,1-3H3,(H,32,33). The highest BCUT2D eigenvalue weighted by atomic mass is 16.5. The minimum atomic E-state index is -0.905. The zero-order valence-corrected chi connectivity index (χ0v) is 20.0. The van der Waals surface area contributed by atoms with Gasteiger partial charge in [0.05, 0.1) is 19.6 Å². The Kier molecular flexibility index (Phi) is 6.87. The number of aliphatic carboxylic acids is 1. The Morgan fingerprint density at radius 1 is 1.00 bits per heavy atom. The van der Waals surface area contributed by atoms with Gasteiger partial charge in [-0.3, -0.25) is 14.4 Å². The van der Waals surface area contributed by atoms with Crippen molar-refractivity contribution in [3.05, 3.63) is 89.5 Å². The van der Waals surface area contributed by atoms with Gasteiger partial charge in [-0.25, -0.2) is 0 Å². The van der Waals surface area contributed by atoms with Crippen molar-refractivity contribution in [3.63, 3.8) is 0 Å². The third-order valence-electron chi connectivity index (χ3n) is 6.34. The van der Waals surface area contributed by atoms with Crippen molar-refractivity contribution in [2.45, 2.75) is 38.8 Å². The molecule has 2 atom stereocenters. The van der Waals surface area contributed by atoms with E-state index in [0.717, 1.165) is 11.3 Å². The summed E-state index contributed by atoms with van der Waals surface area (Å²) in [5.41, 5.74) is 3.57. The topological polar surface area (TPSA) is 87.2 Å². The van der Waals surface area contributed by atoms with Crippen LogP contribution in [-0.4, -0.2) is 36.0 Å². The SMILES string of the molecule is COc1ccc(C(=O)N2c3ccccc3C(N(C(C)=O)c3ccc(CC(=O)O)cc3)CC2C)cc1. The molecular formula is C28H28N2O5. The number of hydrogen-bond donors (Lipinski definition) is 1. The first-order valence-corrected chi connectivity index (χ1v) is 11.5. The number of carbonyl (C=O) groups excluding carboxylic acids is 2. The van der Waals surface area contributed by atoms with Crippen LogP contribution in [0, 0.1) is 0 Å². The summed E-state index contributed by atoms with van der Waals surface area (Å²) >= 11 is 0. The molecule has 0 radical (unpaired) electrons. The lowest BCUT2D eigenvalue weighted by Gasteiger charge is -2.43. The van der Waals surface area contributed by atoms with E-state index in [9.17, 15) is 14.4 Å². The van der Waals surface area contributed by atoms with Crippen LogP contribution in [0.3, 0.4) is 0 Å². The van der Waals surface area contributed by atoms with E-state index in [0.29, 0.717) is 29.0 Å². The second-order valence-electron chi connectivity index (χ2n) is 8.69. The third kappa shape index (κ3) is 4.89. The average Bonchev–Trinajstić information content (AvgIpc) is 2.84. The average molecular weight is 473 g/mol. The van der Waals surface area contributed by atoms with Crippen molar-refractivity contribution < 1.29 is 24.2 Å². The smallest absolute Gasteiger partial charge is 0.307 e. The highest BCUT2D eigenvalue weighted by molar-refractivity contribution is 6.07. The quantitative estimate of drug-likeness (QED) is 0.554. The number of fused-ring (bicyclic) bond motifs is 1. The van der Waals surface area contributed by atoms with Crippen molar-refractivity contribution in [2.24, 2.45) is 0 Å². The van der Waals surface area contributed by atoms with Gasteiger partial charge in [0, 0.05) is 29.9 Å². The van der Waals surface area contributed by atoms with Crippen LogP contribution in [0.5, 0.6) is 5.75 Å². The molecule has 0 bridgehead atoms. The Labute approximate surface area is 204 Å². The summed E-state index contributed by atoms with van der Waals surface area (Å²) in [7, 11) is 1.58. The molecule has 1 heterocycles. The number of methoxy groups -OCH3 is 1. The molecule has 0 saturated heterocycles. The van der Waals surface area contributed by atoms with E-state index in [1.165, 1.54) is 6.92 Å². The summed E-state index contributed by atoms with van der Waals surface area (Å²) in [5, 5.41) is 9.05. The molecule has 1 aliphatic rings. The van der Waals surface area contributed by atoms with Crippen LogP contribution in [-0.2, 0) is 16.0 Å². The fourth-order valence-corrected chi connectivity index (χ4v) is 4.74. The number of hydrogen-bond acceptors (Lipinski definition) is 4. The van der Waals surface area contributed by atoms with Gasteiger partial charge < -0.3 is 19.6 Å². The normalized spacial score (nSPS) is 16.8. The maximum atomic E-state index is 13.5. The molecule has 1 N–H and O–H groups in total. The zero-order chi connectivity index (χ0) is 25.1. The number of para-hydroxylation sites is 1. The minimum absolute atomic E-state index is 0.0773.